The van der Waals surface area contributed by atoms with Gasteiger partial charge in [-0.15, -0.1) is 24.0 Å². The maximum absolute atomic E-state index is 5.51. The smallest absolute Gasteiger partial charge is 0.191 e. The first-order valence-electron chi connectivity index (χ1n) is 6.77. The Hall–Kier alpha value is -0.0400. The Morgan fingerprint density at radius 2 is 2.00 bits per heavy atom. The molecule has 0 heterocycles. The number of ether oxygens (including phenoxy) is 1. The van der Waals surface area contributed by atoms with Crippen LogP contribution >= 0.6 is 24.0 Å². The van der Waals surface area contributed by atoms with Crippen LogP contribution in [0.25, 0.3) is 0 Å². The highest BCUT2D eigenvalue weighted by atomic mass is 127. The quantitative estimate of drug-likeness (QED) is 0.327. The fourth-order valence-corrected chi connectivity index (χ4v) is 2.02. The zero-order chi connectivity index (χ0) is 12.5. The van der Waals surface area contributed by atoms with Crippen LogP contribution in [0.4, 0.5) is 0 Å². The molecule has 1 aliphatic rings. The standard InChI is InChI=1S/C13H27N3O.HI/c1-11(2)10-17-9-8-15-13(14-3)16-12-6-4-5-7-12;/h11-12H,4-10H2,1-3H3,(H2,14,15,16);1H. The fourth-order valence-electron chi connectivity index (χ4n) is 2.02. The van der Waals surface area contributed by atoms with E-state index < -0.39 is 0 Å². The Balaban J connectivity index is 0.00000289. The van der Waals surface area contributed by atoms with Crippen molar-refractivity contribution in [1.29, 1.82) is 0 Å². The van der Waals surface area contributed by atoms with E-state index in [1.54, 1.807) is 0 Å². The summed E-state index contributed by atoms with van der Waals surface area (Å²) in [4.78, 5) is 4.22. The molecular formula is C13H28IN3O. The summed E-state index contributed by atoms with van der Waals surface area (Å²) in [6.45, 7) is 6.71. The molecule has 108 valence electrons. The lowest BCUT2D eigenvalue weighted by atomic mass is 10.2. The maximum atomic E-state index is 5.51. The van der Waals surface area contributed by atoms with Gasteiger partial charge in [0.2, 0.25) is 0 Å². The van der Waals surface area contributed by atoms with Crippen LogP contribution in [-0.2, 0) is 4.74 Å². The minimum absolute atomic E-state index is 0. The van der Waals surface area contributed by atoms with Crippen molar-refractivity contribution in [2.24, 2.45) is 10.9 Å². The van der Waals surface area contributed by atoms with Crippen LogP contribution in [0.1, 0.15) is 39.5 Å². The van der Waals surface area contributed by atoms with E-state index in [0.29, 0.717) is 12.0 Å². The lowest BCUT2D eigenvalue weighted by Gasteiger charge is -2.17. The minimum atomic E-state index is 0. The zero-order valence-corrected chi connectivity index (χ0v) is 14.2. The van der Waals surface area contributed by atoms with Crippen LogP contribution in [0.15, 0.2) is 4.99 Å². The second kappa shape index (κ2) is 10.8. The number of halogens is 1. The van der Waals surface area contributed by atoms with E-state index in [0.717, 1.165) is 25.7 Å². The van der Waals surface area contributed by atoms with Gasteiger partial charge in [-0.3, -0.25) is 4.99 Å². The Morgan fingerprint density at radius 3 is 2.56 bits per heavy atom. The van der Waals surface area contributed by atoms with Gasteiger partial charge in [0.05, 0.1) is 6.61 Å². The summed E-state index contributed by atoms with van der Waals surface area (Å²) in [7, 11) is 1.82. The summed E-state index contributed by atoms with van der Waals surface area (Å²) in [6, 6.07) is 0.609. The summed E-state index contributed by atoms with van der Waals surface area (Å²) in [5, 5.41) is 6.73. The Kier molecular flexibility index (Phi) is 10.8. The predicted molar refractivity (Wildman–Crippen MR) is 87.8 cm³/mol. The molecule has 4 nitrogen and oxygen atoms in total. The van der Waals surface area contributed by atoms with E-state index >= 15 is 0 Å². The molecule has 1 fully saturated rings. The monoisotopic (exact) mass is 369 g/mol. The van der Waals surface area contributed by atoms with Crippen molar-refractivity contribution in [3.05, 3.63) is 0 Å². The average molecular weight is 369 g/mol. The number of nitrogens with zero attached hydrogens (tertiary/aromatic N) is 1. The second-order valence-electron chi connectivity index (χ2n) is 5.09. The van der Waals surface area contributed by atoms with Gasteiger partial charge in [0.1, 0.15) is 0 Å². The lowest BCUT2D eigenvalue weighted by molar-refractivity contribution is 0.114. The molecule has 5 heteroatoms. The SMILES string of the molecule is CN=C(NCCOCC(C)C)NC1CCCC1.I. The third-order valence-corrected chi connectivity index (χ3v) is 2.91. The number of guanidine groups is 1. The average Bonchev–Trinajstić information content (AvgIpc) is 2.79. The van der Waals surface area contributed by atoms with Gasteiger partial charge >= 0.3 is 0 Å². The summed E-state index contributed by atoms with van der Waals surface area (Å²) < 4.78 is 5.51. The van der Waals surface area contributed by atoms with E-state index in [4.69, 9.17) is 4.74 Å². The van der Waals surface area contributed by atoms with Crippen LogP contribution < -0.4 is 10.6 Å². The topological polar surface area (TPSA) is 45.7 Å². The third-order valence-electron chi connectivity index (χ3n) is 2.91. The summed E-state index contributed by atoms with van der Waals surface area (Å²) >= 11 is 0. The molecule has 0 amide bonds. The molecule has 1 aliphatic carbocycles. The van der Waals surface area contributed by atoms with Gasteiger partial charge in [0.25, 0.3) is 0 Å². The van der Waals surface area contributed by atoms with Gasteiger partial charge < -0.3 is 15.4 Å². The van der Waals surface area contributed by atoms with Crippen LogP contribution in [0.2, 0.25) is 0 Å². The van der Waals surface area contributed by atoms with E-state index in [1.807, 2.05) is 7.05 Å². The third kappa shape index (κ3) is 8.13. The first-order valence-corrected chi connectivity index (χ1v) is 6.77. The molecule has 18 heavy (non-hydrogen) atoms. The zero-order valence-electron chi connectivity index (χ0n) is 11.9. The van der Waals surface area contributed by atoms with E-state index in [9.17, 15) is 0 Å². The Morgan fingerprint density at radius 1 is 1.33 bits per heavy atom. The summed E-state index contributed by atoms with van der Waals surface area (Å²) in [5.41, 5.74) is 0. The molecule has 0 unspecified atom stereocenters. The second-order valence-corrected chi connectivity index (χ2v) is 5.09. The van der Waals surface area contributed by atoms with Gasteiger partial charge in [-0.2, -0.15) is 0 Å². The van der Waals surface area contributed by atoms with Crippen molar-refractivity contribution < 1.29 is 4.74 Å². The molecule has 0 radical (unpaired) electrons. The molecular weight excluding hydrogens is 341 g/mol. The fraction of sp³-hybridized carbons (Fsp3) is 0.923. The molecule has 2 N–H and O–H groups in total. The van der Waals surface area contributed by atoms with Crippen molar-refractivity contribution in [3.63, 3.8) is 0 Å². The highest BCUT2D eigenvalue weighted by Crippen LogP contribution is 2.17. The van der Waals surface area contributed by atoms with E-state index in [-0.39, 0.29) is 24.0 Å². The number of hydrogen-bond donors (Lipinski definition) is 2. The maximum Gasteiger partial charge on any atom is 0.191 e. The normalized spacial score (nSPS) is 16.8. The molecule has 1 rings (SSSR count). The van der Waals surface area contributed by atoms with Gasteiger partial charge in [-0.05, 0) is 18.8 Å². The molecule has 0 aromatic carbocycles. The lowest BCUT2D eigenvalue weighted by Crippen LogP contribution is -2.43. The Bertz CT molecular complexity index is 228. The number of aliphatic imine (C=N–C) groups is 1. The van der Waals surface area contributed by atoms with Crippen LogP contribution in [0, 0.1) is 5.92 Å². The molecule has 0 bridgehead atoms. The molecule has 0 aromatic rings. The van der Waals surface area contributed by atoms with E-state index in [1.165, 1.54) is 25.7 Å². The summed E-state index contributed by atoms with van der Waals surface area (Å²) in [5.74, 6) is 1.51. The highest BCUT2D eigenvalue weighted by Gasteiger charge is 2.15. The van der Waals surface area contributed by atoms with Gasteiger partial charge in [0, 0.05) is 26.2 Å². The van der Waals surface area contributed by atoms with Gasteiger partial charge in [-0.25, -0.2) is 0 Å². The Labute approximate surface area is 128 Å². The number of nitrogens with one attached hydrogen (secondary N) is 2. The van der Waals surface area contributed by atoms with Crippen LogP contribution in [0.3, 0.4) is 0 Å². The molecule has 0 saturated heterocycles. The summed E-state index contributed by atoms with van der Waals surface area (Å²) in [6.07, 6.45) is 5.22. The van der Waals surface area contributed by atoms with Crippen molar-refractivity contribution in [2.75, 3.05) is 26.8 Å². The first kappa shape index (κ1) is 18.0. The molecule has 0 aliphatic heterocycles. The highest BCUT2D eigenvalue weighted by molar-refractivity contribution is 14.0. The molecule has 1 saturated carbocycles. The van der Waals surface area contributed by atoms with E-state index in [2.05, 4.69) is 29.5 Å². The largest absolute Gasteiger partial charge is 0.379 e. The number of hydrogen-bond acceptors (Lipinski definition) is 2. The van der Waals surface area contributed by atoms with Gasteiger partial charge in [-0.1, -0.05) is 26.7 Å². The minimum Gasteiger partial charge on any atom is -0.379 e. The van der Waals surface area contributed by atoms with Crippen molar-refractivity contribution in [2.45, 2.75) is 45.6 Å². The van der Waals surface area contributed by atoms with Crippen molar-refractivity contribution in [1.82, 2.24) is 10.6 Å². The molecule has 0 aromatic heterocycles. The van der Waals surface area contributed by atoms with Crippen molar-refractivity contribution in [3.8, 4) is 0 Å². The number of rotatable bonds is 6. The molecule has 0 spiro atoms. The van der Waals surface area contributed by atoms with Crippen molar-refractivity contribution >= 4 is 29.9 Å². The van der Waals surface area contributed by atoms with Crippen LogP contribution in [-0.4, -0.2) is 38.8 Å². The van der Waals surface area contributed by atoms with Gasteiger partial charge in [0.15, 0.2) is 5.96 Å². The first-order chi connectivity index (χ1) is 8.22. The predicted octanol–water partition coefficient (Wildman–Crippen LogP) is 2.38. The van der Waals surface area contributed by atoms with Crippen LogP contribution in [0.5, 0.6) is 0 Å². The molecule has 0 atom stereocenters.